The molecular formula is C29H41Br2N3O5. The van der Waals surface area contributed by atoms with Gasteiger partial charge in [0.05, 0.1) is 12.6 Å². The number of fused-ring (bicyclic) bond motifs is 1. The second-order valence-corrected chi connectivity index (χ2v) is 9.52. The molecule has 0 spiro atoms. The van der Waals surface area contributed by atoms with E-state index < -0.39 is 24.0 Å². The highest BCUT2D eigenvalue weighted by Gasteiger charge is 2.36. The van der Waals surface area contributed by atoms with E-state index in [9.17, 15) is 19.5 Å². The first-order chi connectivity index (χ1) is 17.9. The van der Waals surface area contributed by atoms with E-state index in [4.69, 9.17) is 10.5 Å². The molecule has 0 aromatic heterocycles. The zero-order chi connectivity index (χ0) is 26.6. The summed E-state index contributed by atoms with van der Waals surface area (Å²) in [6.45, 7) is 2.09. The number of carboxylic acid groups (broad SMARTS) is 1. The van der Waals surface area contributed by atoms with Crippen molar-refractivity contribution in [2.24, 2.45) is 5.73 Å². The lowest BCUT2D eigenvalue weighted by molar-refractivity contribution is -0.149. The number of hydrogen-bond acceptors (Lipinski definition) is 6. The van der Waals surface area contributed by atoms with Crippen molar-refractivity contribution in [1.82, 2.24) is 10.2 Å². The SMILES string of the molecule is Br.Br.CCOC(=O)C(CCc1ccccc1)N[C@@H](CCCCN)C(=O)N(CC(=O)O)C1Cc2ccccc2C1. The van der Waals surface area contributed by atoms with Crippen molar-refractivity contribution < 1.29 is 24.2 Å². The van der Waals surface area contributed by atoms with Crippen molar-refractivity contribution in [1.29, 1.82) is 0 Å². The number of amides is 1. The van der Waals surface area contributed by atoms with Gasteiger partial charge in [0, 0.05) is 6.04 Å². The third-order valence-corrected chi connectivity index (χ3v) is 6.84. The van der Waals surface area contributed by atoms with Gasteiger partial charge in [0.2, 0.25) is 5.91 Å². The van der Waals surface area contributed by atoms with Crippen LogP contribution >= 0.6 is 34.0 Å². The third-order valence-electron chi connectivity index (χ3n) is 6.84. The molecular weight excluding hydrogens is 630 g/mol. The molecule has 0 fully saturated rings. The minimum atomic E-state index is -1.06. The first-order valence-corrected chi connectivity index (χ1v) is 13.2. The van der Waals surface area contributed by atoms with E-state index in [0.29, 0.717) is 45.1 Å². The molecule has 4 N–H and O–H groups in total. The second kappa shape index (κ2) is 18.1. The number of carbonyl (C=O) groups is 3. The number of halogens is 2. The Morgan fingerprint density at radius 1 is 0.974 bits per heavy atom. The largest absolute Gasteiger partial charge is 0.480 e. The molecule has 2 atom stereocenters. The number of aryl methyl sites for hydroxylation is 1. The molecule has 3 rings (SSSR count). The predicted octanol–water partition coefficient (Wildman–Crippen LogP) is 3.87. The van der Waals surface area contributed by atoms with Gasteiger partial charge in [-0.3, -0.25) is 19.7 Å². The van der Waals surface area contributed by atoms with E-state index in [-0.39, 0.29) is 59.1 Å². The van der Waals surface area contributed by atoms with Gasteiger partial charge in [-0.05, 0) is 68.7 Å². The third kappa shape index (κ3) is 10.7. The maximum absolute atomic E-state index is 13.9. The summed E-state index contributed by atoms with van der Waals surface area (Å²) in [6.07, 6.45) is 4.18. The molecule has 2 aromatic carbocycles. The summed E-state index contributed by atoms with van der Waals surface area (Å²) >= 11 is 0. The number of nitrogens with two attached hydrogens (primary N) is 1. The Hall–Kier alpha value is -2.27. The Labute approximate surface area is 252 Å². The molecule has 2 aromatic rings. The van der Waals surface area contributed by atoms with Gasteiger partial charge in [0.25, 0.3) is 0 Å². The van der Waals surface area contributed by atoms with E-state index in [1.807, 2.05) is 54.6 Å². The lowest BCUT2D eigenvalue weighted by Crippen LogP contribution is -2.56. The van der Waals surface area contributed by atoms with Gasteiger partial charge in [-0.2, -0.15) is 0 Å². The summed E-state index contributed by atoms with van der Waals surface area (Å²) < 4.78 is 5.33. The van der Waals surface area contributed by atoms with Crippen LogP contribution in [0.2, 0.25) is 0 Å². The Bertz CT molecular complexity index is 1020. The number of aliphatic carboxylic acids is 1. The first kappa shape index (κ1) is 34.8. The number of benzene rings is 2. The van der Waals surface area contributed by atoms with Crippen molar-refractivity contribution >= 4 is 51.8 Å². The molecule has 0 saturated heterocycles. The summed E-state index contributed by atoms with van der Waals surface area (Å²) in [5.41, 5.74) is 9.05. The van der Waals surface area contributed by atoms with Gasteiger partial charge in [-0.25, -0.2) is 0 Å². The lowest BCUT2D eigenvalue weighted by atomic mass is 10.0. The molecule has 1 aliphatic rings. The van der Waals surface area contributed by atoms with Crippen LogP contribution in [0, 0.1) is 0 Å². The van der Waals surface area contributed by atoms with Crippen LogP contribution < -0.4 is 11.1 Å². The molecule has 0 radical (unpaired) electrons. The molecule has 1 unspecified atom stereocenters. The average Bonchev–Trinajstić information content (AvgIpc) is 3.33. The summed E-state index contributed by atoms with van der Waals surface area (Å²) in [7, 11) is 0. The lowest BCUT2D eigenvalue weighted by Gasteiger charge is -2.33. The molecule has 0 aliphatic heterocycles. The zero-order valence-corrected chi connectivity index (χ0v) is 25.8. The number of rotatable bonds is 15. The Morgan fingerprint density at radius 3 is 2.15 bits per heavy atom. The van der Waals surface area contributed by atoms with Crippen LogP contribution in [0.1, 0.15) is 49.3 Å². The summed E-state index contributed by atoms with van der Waals surface area (Å²) in [6, 6.07) is 16.1. The van der Waals surface area contributed by atoms with Gasteiger partial charge in [0.1, 0.15) is 12.6 Å². The van der Waals surface area contributed by atoms with Gasteiger partial charge in [0.15, 0.2) is 0 Å². The van der Waals surface area contributed by atoms with Crippen molar-refractivity contribution in [3.63, 3.8) is 0 Å². The number of nitrogens with zero attached hydrogens (tertiary/aromatic N) is 1. The highest BCUT2D eigenvalue weighted by atomic mass is 79.9. The highest BCUT2D eigenvalue weighted by Crippen LogP contribution is 2.26. The number of carboxylic acids is 1. The monoisotopic (exact) mass is 669 g/mol. The molecule has 0 bridgehead atoms. The van der Waals surface area contributed by atoms with Crippen molar-refractivity contribution in [3.8, 4) is 0 Å². The van der Waals surface area contributed by atoms with E-state index in [0.717, 1.165) is 23.1 Å². The minimum Gasteiger partial charge on any atom is -0.480 e. The number of nitrogens with one attached hydrogen (secondary N) is 1. The van der Waals surface area contributed by atoms with Crippen LogP contribution in [-0.4, -0.2) is 65.7 Å². The Kier molecular flexibility index (Phi) is 16.2. The second-order valence-electron chi connectivity index (χ2n) is 9.52. The average molecular weight is 671 g/mol. The van der Waals surface area contributed by atoms with E-state index in [1.165, 1.54) is 4.90 Å². The van der Waals surface area contributed by atoms with Crippen molar-refractivity contribution in [2.75, 3.05) is 19.7 Å². The van der Waals surface area contributed by atoms with E-state index in [1.54, 1.807) is 6.92 Å². The molecule has 39 heavy (non-hydrogen) atoms. The molecule has 10 heteroatoms. The minimum absolute atomic E-state index is 0. The fourth-order valence-corrected chi connectivity index (χ4v) is 4.97. The fourth-order valence-electron chi connectivity index (χ4n) is 4.97. The number of unbranched alkanes of at least 4 members (excludes halogenated alkanes) is 1. The van der Waals surface area contributed by atoms with Gasteiger partial charge in [-0.15, -0.1) is 34.0 Å². The molecule has 1 aliphatic carbocycles. The maximum atomic E-state index is 13.9. The van der Waals surface area contributed by atoms with Crippen LogP contribution in [0.4, 0.5) is 0 Å². The Morgan fingerprint density at radius 2 is 1.59 bits per heavy atom. The Balaban J connectivity index is 0.00000380. The van der Waals surface area contributed by atoms with Gasteiger partial charge in [-0.1, -0.05) is 61.0 Å². The molecule has 8 nitrogen and oxygen atoms in total. The standard InChI is InChI=1S/C29H39N3O5.2BrH/c1-2-37-29(36)26(16-15-21-10-4-3-5-11-21)31-25(14-8-9-17-30)28(35)32(20-27(33)34)24-18-22-12-6-7-13-23(22)19-24;;/h3-7,10-13,24-26,31H,2,8-9,14-20,30H2,1H3,(H,33,34);2*1H/t25-,26?;;/m0../s1. The smallest absolute Gasteiger partial charge is 0.323 e. The highest BCUT2D eigenvalue weighted by molar-refractivity contribution is 8.93. The van der Waals surface area contributed by atoms with Crippen molar-refractivity contribution in [2.45, 2.75) is 70.0 Å². The summed E-state index contributed by atoms with van der Waals surface area (Å²) in [4.78, 5) is 40.1. The van der Waals surface area contributed by atoms with Crippen LogP contribution in [0.3, 0.4) is 0 Å². The van der Waals surface area contributed by atoms with Gasteiger partial charge >= 0.3 is 11.9 Å². The van der Waals surface area contributed by atoms with E-state index >= 15 is 0 Å². The van der Waals surface area contributed by atoms with Crippen LogP contribution in [0.5, 0.6) is 0 Å². The summed E-state index contributed by atoms with van der Waals surface area (Å²) in [5, 5.41) is 12.9. The molecule has 1 amide bonds. The van der Waals surface area contributed by atoms with Crippen LogP contribution in [-0.2, 0) is 38.4 Å². The van der Waals surface area contributed by atoms with Crippen molar-refractivity contribution in [3.05, 3.63) is 71.3 Å². The zero-order valence-electron chi connectivity index (χ0n) is 22.4. The molecule has 0 heterocycles. The van der Waals surface area contributed by atoms with E-state index in [2.05, 4.69) is 5.32 Å². The number of esters is 1. The van der Waals surface area contributed by atoms with Crippen LogP contribution in [0.25, 0.3) is 0 Å². The number of carbonyl (C=O) groups excluding carboxylic acids is 2. The molecule has 216 valence electrons. The predicted molar refractivity (Wildman–Crippen MR) is 163 cm³/mol. The number of hydrogen-bond donors (Lipinski definition) is 3. The molecule has 0 saturated carbocycles. The number of ether oxygens (including phenoxy) is 1. The van der Waals surface area contributed by atoms with Gasteiger partial charge < -0.3 is 20.5 Å². The maximum Gasteiger partial charge on any atom is 0.323 e. The van der Waals surface area contributed by atoms with Crippen LogP contribution in [0.15, 0.2) is 54.6 Å². The summed E-state index contributed by atoms with van der Waals surface area (Å²) in [5.74, 6) is -1.77. The fraction of sp³-hybridized carbons (Fsp3) is 0.483. The quantitative estimate of drug-likeness (QED) is 0.194. The first-order valence-electron chi connectivity index (χ1n) is 13.2. The normalized spacial score (nSPS) is 13.8. The topological polar surface area (TPSA) is 122 Å².